The summed E-state index contributed by atoms with van der Waals surface area (Å²) in [5.74, 6) is 1.89. The summed E-state index contributed by atoms with van der Waals surface area (Å²) in [6.45, 7) is 8.49. The standard InChI is InChI=1S/C18H31N3/c1-4-16-11-15(13-19)12-18(20-16)21(10-9-14(2)3)17-7-5-6-8-17/h11-12,14,17H,4-10,13,19H2,1-3H3. The first kappa shape index (κ1) is 16.3. The van der Waals surface area contributed by atoms with Crippen molar-refractivity contribution < 1.29 is 0 Å². The summed E-state index contributed by atoms with van der Waals surface area (Å²) in [5.41, 5.74) is 8.25. The van der Waals surface area contributed by atoms with Gasteiger partial charge in [-0.15, -0.1) is 0 Å². The van der Waals surface area contributed by atoms with Gasteiger partial charge in [0.1, 0.15) is 5.82 Å². The van der Waals surface area contributed by atoms with Crippen molar-refractivity contribution in [3.8, 4) is 0 Å². The molecule has 0 saturated heterocycles. The zero-order valence-electron chi connectivity index (χ0n) is 13.9. The molecule has 1 aromatic rings. The van der Waals surface area contributed by atoms with E-state index in [0.29, 0.717) is 12.6 Å². The zero-order chi connectivity index (χ0) is 15.2. The largest absolute Gasteiger partial charge is 0.354 e. The van der Waals surface area contributed by atoms with Crippen LogP contribution in [0.3, 0.4) is 0 Å². The van der Waals surface area contributed by atoms with Gasteiger partial charge in [0.05, 0.1) is 0 Å². The molecule has 0 bridgehead atoms. The van der Waals surface area contributed by atoms with E-state index in [1.807, 2.05) is 0 Å². The Bertz CT molecular complexity index is 414. The fourth-order valence-electron chi connectivity index (χ4n) is 3.18. The number of nitrogens with two attached hydrogens (primary N) is 1. The molecule has 1 aliphatic rings. The molecule has 1 aliphatic carbocycles. The topological polar surface area (TPSA) is 42.1 Å². The van der Waals surface area contributed by atoms with E-state index in [9.17, 15) is 0 Å². The molecule has 2 rings (SSSR count). The number of aryl methyl sites for hydroxylation is 1. The minimum Gasteiger partial charge on any atom is -0.354 e. The quantitative estimate of drug-likeness (QED) is 0.828. The maximum Gasteiger partial charge on any atom is 0.129 e. The first-order chi connectivity index (χ1) is 10.1. The molecule has 0 radical (unpaired) electrons. The Labute approximate surface area is 129 Å². The third kappa shape index (κ3) is 4.44. The van der Waals surface area contributed by atoms with E-state index in [0.717, 1.165) is 24.7 Å². The molecule has 0 aliphatic heterocycles. The molecule has 3 nitrogen and oxygen atoms in total. The Kier molecular flexibility index (Phi) is 6.04. The molecule has 1 heterocycles. The summed E-state index contributed by atoms with van der Waals surface area (Å²) in [5, 5.41) is 0. The van der Waals surface area contributed by atoms with Crippen LogP contribution >= 0.6 is 0 Å². The average molecular weight is 289 g/mol. The summed E-state index contributed by atoms with van der Waals surface area (Å²) in [6.07, 6.45) is 7.55. The number of hydrogen-bond acceptors (Lipinski definition) is 3. The van der Waals surface area contributed by atoms with Gasteiger partial charge in [-0.2, -0.15) is 0 Å². The van der Waals surface area contributed by atoms with Crippen LogP contribution in [-0.2, 0) is 13.0 Å². The highest BCUT2D eigenvalue weighted by Crippen LogP contribution is 2.28. The van der Waals surface area contributed by atoms with Gasteiger partial charge in [0, 0.05) is 24.8 Å². The number of rotatable bonds is 7. The van der Waals surface area contributed by atoms with E-state index in [1.54, 1.807) is 0 Å². The summed E-state index contributed by atoms with van der Waals surface area (Å²) in [4.78, 5) is 7.45. The van der Waals surface area contributed by atoms with Crippen LogP contribution in [0.15, 0.2) is 12.1 Å². The fourth-order valence-corrected chi connectivity index (χ4v) is 3.18. The van der Waals surface area contributed by atoms with Gasteiger partial charge in [-0.05, 0) is 49.3 Å². The molecule has 3 heteroatoms. The zero-order valence-corrected chi connectivity index (χ0v) is 13.9. The van der Waals surface area contributed by atoms with Crippen molar-refractivity contribution in [3.63, 3.8) is 0 Å². The van der Waals surface area contributed by atoms with Crippen molar-refractivity contribution in [3.05, 3.63) is 23.4 Å². The molecule has 0 atom stereocenters. The second-order valence-corrected chi connectivity index (χ2v) is 6.70. The highest BCUT2D eigenvalue weighted by atomic mass is 15.2. The van der Waals surface area contributed by atoms with Crippen molar-refractivity contribution in [2.75, 3.05) is 11.4 Å². The van der Waals surface area contributed by atoms with E-state index in [4.69, 9.17) is 10.7 Å². The second kappa shape index (κ2) is 7.79. The lowest BCUT2D eigenvalue weighted by Gasteiger charge is -2.31. The van der Waals surface area contributed by atoms with Crippen LogP contribution in [0.25, 0.3) is 0 Å². The van der Waals surface area contributed by atoms with Crippen molar-refractivity contribution in [1.29, 1.82) is 0 Å². The summed E-state index contributed by atoms with van der Waals surface area (Å²) in [7, 11) is 0. The molecule has 0 aromatic carbocycles. The lowest BCUT2D eigenvalue weighted by atomic mass is 10.1. The Balaban J connectivity index is 2.25. The van der Waals surface area contributed by atoms with Crippen LogP contribution < -0.4 is 10.6 Å². The van der Waals surface area contributed by atoms with Crippen molar-refractivity contribution in [1.82, 2.24) is 4.98 Å². The number of anilines is 1. The highest BCUT2D eigenvalue weighted by Gasteiger charge is 2.24. The molecule has 118 valence electrons. The average Bonchev–Trinajstić information content (AvgIpc) is 3.00. The van der Waals surface area contributed by atoms with Gasteiger partial charge >= 0.3 is 0 Å². The summed E-state index contributed by atoms with van der Waals surface area (Å²) in [6, 6.07) is 5.03. The predicted octanol–water partition coefficient (Wildman–Crippen LogP) is 3.90. The van der Waals surface area contributed by atoms with Crippen molar-refractivity contribution >= 4 is 5.82 Å². The van der Waals surface area contributed by atoms with Crippen molar-refractivity contribution in [2.45, 2.75) is 71.9 Å². The molecule has 1 aromatic heterocycles. The fraction of sp³-hybridized carbons (Fsp3) is 0.722. The SMILES string of the molecule is CCc1cc(CN)cc(N(CCC(C)C)C2CCCC2)n1. The van der Waals surface area contributed by atoms with Gasteiger partial charge in [-0.1, -0.05) is 33.6 Å². The molecule has 1 saturated carbocycles. The van der Waals surface area contributed by atoms with E-state index in [-0.39, 0.29) is 0 Å². The Hall–Kier alpha value is -1.09. The number of pyridine rings is 1. The predicted molar refractivity (Wildman–Crippen MR) is 90.6 cm³/mol. The number of aromatic nitrogens is 1. The highest BCUT2D eigenvalue weighted by molar-refractivity contribution is 5.44. The molecular formula is C18H31N3. The lowest BCUT2D eigenvalue weighted by Crippen LogP contribution is -2.35. The third-order valence-corrected chi connectivity index (χ3v) is 4.53. The minimum absolute atomic E-state index is 0.602. The first-order valence-corrected chi connectivity index (χ1v) is 8.60. The van der Waals surface area contributed by atoms with Crippen LogP contribution in [0.5, 0.6) is 0 Å². The second-order valence-electron chi connectivity index (χ2n) is 6.70. The monoisotopic (exact) mass is 289 g/mol. The lowest BCUT2D eigenvalue weighted by molar-refractivity contribution is 0.524. The van der Waals surface area contributed by atoms with Gasteiger partial charge < -0.3 is 10.6 Å². The van der Waals surface area contributed by atoms with E-state index >= 15 is 0 Å². The van der Waals surface area contributed by atoms with Gasteiger partial charge in [0.25, 0.3) is 0 Å². The van der Waals surface area contributed by atoms with E-state index in [2.05, 4.69) is 37.8 Å². The van der Waals surface area contributed by atoms with Gasteiger partial charge in [0.2, 0.25) is 0 Å². The van der Waals surface area contributed by atoms with Crippen LogP contribution in [0.2, 0.25) is 0 Å². The number of nitrogens with zero attached hydrogens (tertiary/aromatic N) is 2. The van der Waals surface area contributed by atoms with Gasteiger partial charge in [-0.25, -0.2) is 4.98 Å². The molecule has 0 amide bonds. The van der Waals surface area contributed by atoms with Crippen molar-refractivity contribution in [2.24, 2.45) is 11.7 Å². The Morgan fingerprint density at radius 2 is 2.00 bits per heavy atom. The van der Waals surface area contributed by atoms with Gasteiger partial charge in [0.15, 0.2) is 0 Å². The number of hydrogen-bond donors (Lipinski definition) is 1. The van der Waals surface area contributed by atoms with E-state index < -0.39 is 0 Å². The maximum absolute atomic E-state index is 5.87. The third-order valence-electron chi connectivity index (χ3n) is 4.53. The van der Waals surface area contributed by atoms with Crippen LogP contribution in [0, 0.1) is 5.92 Å². The molecule has 0 unspecified atom stereocenters. The first-order valence-electron chi connectivity index (χ1n) is 8.60. The minimum atomic E-state index is 0.602. The molecule has 1 fully saturated rings. The van der Waals surface area contributed by atoms with Crippen LogP contribution in [0.4, 0.5) is 5.82 Å². The summed E-state index contributed by atoms with van der Waals surface area (Å²) < 4.78 is 0. The molecular weight excluding hydrogens is 258 g/mol. The molecule has 0 spiro atoms. The molecule has 2 N–H and O–H groups in total. The van der Waals surface area contributed by atoms with E-state index in [1.165, 1.54) is 43.4 Å². The smallest absolute Gasteiger partial charge is 0.129 e. The maximum atomic E-state index is 5.87. The molecule has 21 heavy (non-hydrogen) atoms. The van der Waals surface area contributed by atoms with Gasteiger partial charge in [-0.3, -0.25) is 0 Å². The normalized spacial score (nSPS) is 15.9. The Morgan fingerprint density at radius 3 is 2.57 bits per heavy atom. The van der Waals surface area contributed by atoms with Crippen LogP contribution in [0.1, 0.15) is 64.1 Å². The summed E-state index contributed by atoms with van der Waals surface area (Å²) >= 11 is 0. The Morgan fingerprint density at radius 1 is 1.29 bits per heavy atom. The van der Waals surface area contributed by atoms with Crippen LogP contribution in [-0.4, -0.2) is 17.6 Å².